The van der Waals surface area contributed by atoms with Crippen molar-refractivity contribution in [2.75, 3.05) is 12.4 Å². The zero-order valence-corrected chi connectivity index (χ0v) is 27.0. The second-order valence-corrected chi connectivity index (χ2v) is 13.2. The van der Waals surface area contributed by atoms with E-state index in [0.29, 0.717) is 17.1 Å². The Kier molecular flexibility index (Phi) is 9.23. The second kappa shape index (κ2) is 13.0. The number of carbonyl (C=O) groups is 4. The first kappa shape index (κ1) is 32.7. The van der Waals surface area contributed by atoms with Crippen molar-refractivity contribution < 1.29 is 28.3 Å². The number of amides is 3. The number of hydrogen-bond donors (Lipinski definition) is 3. The third-order valence-electron chi connectivity index (χ3n) is 10.5. The number of para-hydroxylation sites is 1. The minimum absolute atomic E-state index is 0.000507. The van der Waals surface area contributed by atoms with Crippen LogP contribution in [0.15, 0.2) is 64.0 Å². The van der Waals surface area contributed by atoms with Crippen LogP contribution in [0.5, 0.6) is 0 Å². The monoisotopic (exact) mass is 630 g/mol. The maximum Gasteiger partial charge on any atom is 0.330 e. The highest BCUT2D eigenvalue weighted by Gasteiger charge is 2.61. The van der Waals surface area contributed by atoms with Crippen molar-refractivity contribution in [1.82, 2.24) is 15.2 Å². The fourth-order valence-corrected chi connectivity index (χ4v) is 7.19. The Hall–Kier alpha value is -4.67. The molecule has 46 heavy (non-hydrogen) atoms. The molecule has 11 nitrogen and oxygen atoms in total. The van der Waals surface area contributed by atoms with Crippen LogP contribution in [-0.2, 0) is 25.7 Å². The van der Waals surface area contributed by atoms with E-state index in [-0.39, 0.29) is 53.6 Å². The van der Waals surface area contributed by atoms with Crippen LogP contribution >= 0.6 is 0 Å². The van der Waals surface area contributed by atoms with Crippen molar-refractivity contribution >= 4 is 40.3 Å². The Labute approximate surface area is 267 Å². The lowest BCUT2D eigenvalue weighted by atomic mass is 9.69. The number of allylic oxidation sites excluding steroid dienone is 1. The van der Waals surface area contributed by atoms with Crippen LogP contribution in [0.25, 0.3) is 11.0 Å². The van der Waals surface area contributed by atoms with E-state index in [0.717, 1.165) is 24.6 Å². The van der Waals surface area contributed by atoms with Gasteiger partial charge in [-0.2, -0.15) is 0 Å². The van der Waals surface area contributed by atoms with E-state index < -0.39 is 29.4 Å². The summed E-state index contributed by atoms with van der Waals surface area (Å²) in [7, 11) is 1.26. The minimum Gasteiger partial charge on any atom is -0.466 e. The first-order chi connectivity index (χ1) is 21.9. The highest BCUT2D eigenvalue weighted by atomic mass is 16.5. The highest BCUT2D eigenvalue weighted by Crippen LogP contribution is 2.65. The maximum atomic E-state index is 13.5. The average Bonchev–Trinajstić information content (AvgIpc) is 3.55. The quantitative estimate of drug-likeness (QED) is 0.209. The van der Waals surface area contributed by atoms with Gasteiger partial charge < -0.3 is 29.7 Å². The zero-order valence-electron chi connectivity index (χ0n) is 27.0. The predicted molar refractivity (Wildman–Crippen MR) is 173 cm³/mol. The number of aryl methyl sites for hydroxylation is 1. The lowest BCUT2D eigenvalue weighted by Gasteiger charge is -2.39. The molecular formula is C35H42N4O7. The van der Waals surface area contributed by atoms with E-state index >= 15 is 0 Å². The van der Waals surface area contributed by atoms with Crippen molar-refractivity contribution in [3.8, 4) is 0 Å². The molecule has 3 aromatic rings. The molecule has 0 aliphatic heterocycles. The number of fused-ring (bicyclic) bond motifs is 3. The van der Waals surface area contributed by atoms with Gasteiger partial charge in [0.1, 0.15) is 23.9 Å². The van der Waals surface area contributed by atoms with Gasteiger partial charge in [-0.3, -0.25) is 19.2 Å². The molecule has 5 rings (SSSR count). The lowest BCUT2D eigenvalue weighted by molar-refractivity contribution is -0.134. The van der Waals surface area contributed by atoms with Gasteiger partial charge in [0.05, 0.1) is 7.11 Å². The van der Waals surface area contributed by atoms with Crippen molar-refractivity contribution in [2.24, 2.45) is 16.7 Å². The van der Waals surface area contributed by atoms with Crippen LogP contribution < -0.4 is 21.5 Å². The Morgan fingerprint density at radius 2 is 1.89 bits per heavy atom. The molecule has 11 heteroatoms. The van der Waals surface area contributed by atoms with E-state index in [1.54, 1.807) is 25.1 Å². The third-order valence-corrected chi connectivity index (χ3v) is 10.5. The molecule has 2 aliphatic rings. The van der Waals surface area contributed by atoms with Crippen LogP contribution in [0.4, 0.5) is 5.69 Å². The van der Waals surface area contributed by atoms with Gasteiger partial charge in [-0.15, -0.1) is 0 Å². The fourth-order valence-electron chi connectivity index (χ4n) is 7.19. The highest BCUT2D eigenvalue weighted by molar-refractivity contribution is 6.03. The van der Waals surface area contributed by atoms with Crippen molar-refractivity contribution in [3.05, 3.63) is 76.4 Å². The van der Waals surface area contributed by atoms with E-state index in [2.05, 4.69) is 41.5 Å². The molecule has 0 radical (unpaired) electrons. The number of rotatable bonds is 11. The maximum absolute atomic E-state index is 13.5. The second-order valence-electron chi connectivity index (χ2n) is 13.2. The van der Waals surface area contributed by atoms with Gasteiger partial charge in [-0.05, 0) is 74.0 Å². The molecule has 3 amide bonds. The number of methoxy groups -OCH3 is 1. The van der Waals surface area contributed by atoms with Crippen molar-refractivity contribution in [2.45, 2.75) is 78.4 Å². The van der Waals surface area contributed by atoms with Gasteiger partial charge in [-0.25, -0.2) is 4.79 Å². The van der Waals surface area contributed by atoms with Crippen LogP contribution in [0.3, 0.4) is 0 Å². The molecule has 2 heterocycles. The SMILES string of the molecule is COC(=O)/C=C/CC[C@H](NC(=O)c1oc2ccccc2c1C)C(=O)Nc1cccn(CC(=O)N[C@@H]2C[C@H]3CC[C@]2(C)C3(C)C)c1=O. The molecular weight excluding hydrogens is 588 g/mol. The number of esters is 1. The number of anilines is 1. The molecule has 0 saturated heterocycles. The number of benzene rings is 1. The molecule has 2 aromatic heterocycles. The van der Waals surface area contributed by atoms with Crippen molar-refractivity contribution in [3.63, 3.8) is 0 Å². The predicted octanol–water partition coefficient (Wildman–Crippen LogP) is 4.48. The smallest absolute Gasteiger partial charge is 0.330 e. The lowest BCUT2D eigenvalue weighted by Crippen LogP contribution is -2.48. The van der Waals surface area contributed by atoms with E-state index in [9.17, 15) is 24.0 Å². The number of nitrogens with zero attached hydrogens (tertiary/aromatic N) is 1. The summed E-state index contributed by atoms with van der Waals surface area (Å²) in [6.07, 6.45) is 7.80. The molecule has 244 valence electrons. The first-order valence-corrected chi connectivity index (χ1v) is 15.7. The fraction of sp³-hybridized carbons (Fsp3) is 0.457. The molecule has 2 fully saturated rings. The summed E-state index contributed by atoms with van der Waals surface area (Å²) in [6, 6.07) is 9.22. The molecule has 0 spiro atoms. The van der Waals surface area contributed by atoms with Gasteiger partial charge in [0.15, 0.2) is 5.76 Å². The topological polar surface area (TPSA) is 149 Å². The summed E-state index contributed by atoms with van der Waals surface area (Å²) in [4.78, 5) is 64.8. The normalized spacial score (nSPS) is 22.1. The Balaban J connectivity index is 1.29. The number of carbonyl (C=O) groups excluding carboxylic acids is 4. The Morgan fingerprint density at radius 3 is 2.57 bits per heavy atom. The summed E-state index contributed by atoms with van der Waals surface area (Å²) < 4.78 is 11.6. The van der Waals surface area contributed by atoms with Gasteiger partial charge in [-0.1, -0.05) is 45.0 Å². The van der Waals surface area contributed by atoms with E-state index in [1.165, 1.54) is 36.1 Å². The van der Waals surface area contributed by atoms with Crippen LogP contribution in [0.2, 0.25) is 0 Å². The zero-order chi connectivity index (χ0) is 33.2. The first-order valence-electron chi connectivity index (χ1n) is 15.7. The van der Waals surface area contributed by atoms with Gasteiger partial charge in [0.25, 0.3) is 11.5 Å². The number of ether oxygens (including phenoxy) is 1. The molecule has 0 unspecified atom stereocenters. The van der Waals surface area contributed by atoms with Gasteiger partial charge >= 0.3 is 5.97 Å². The summed E-state index contributed by atoms with van der Waals surface area (Å²) in [6.45, 7) is 8.36. The summed E-state index contributed by atoms with van der Waals surface area (Å²) in [5.74, 6) is -1.40. The van der Waals surface area contributed by atoms with Crippen LogP contribution in [0.1, 0.15) is 69.0 Å². The van der Waals surface area contributed by atoms with E-state index in [1.807, 2.05) is 12.1 Å². The van der Waals surface area contributed by atoms with Crippen LogP contribution in [-0.4, -0.2) is 47.5 Å². The number of pyridine rings is 1. The molecule has 1 aromatic carbocycles. The molecule has 2 saturated carbocycles. The number of hydrogen-bond acceptors (Lipinski definition) is 7. The molecule has 2 bridgehead atoms. The Bertz CT molecular complexity index is 1750. The molecule has 4 atom stereocenters. The third kappa shape index (κ3) is 6.23. The number of furan rings is 1. The minimum atomic E-state index is -1.08. The Morgan fingerprint density at radius 1 is 1.13 bits per heavy atom. The summed E-state index contributed by atoms with van der Waals surface area (Å²) in [5.41, 5.74) is 0.729. The van der Waals surface area contributed by atoms with Gasteiger partial charge in [0, 0.05) is 29.3 Å². The van der Waals surface area contributed by atoms with Crippen LogP contribution in [0, 0.1) is 23.7 Å². The molecule has 3 N–H and O–H groups in total. The number of aromatic nitrogens is 1. The van der Waals surface area contributed by atoms with Gasteiger partial charge in [0.2, 0.25) is 11.8 Å². The summed E-state index contributed by atoms with van der Waals surface area (Å²) >= 11 is 0. The largest absolute Gasteiger partial charge is 0.466 e. The summed E-state index contributed by atoms with van der Waals surface area (Å²) in [5, 5.41) is 9.30. The van der Waals surface area contributed by atoms with Crippen molar-refractivity contribution in [1.29, 1.82) is 0 Å². The standard InChI is InChI=1S/C35H42N4O7/c1-21-23-11-6-8-14-26(23)46-30(21)32(43)36-24(12-7-9-15-29(41)45-5)31(42)37-25-13-10-18-39(33(25)44)20-28(40)38-27-19-22-16-17-35(27,4)34(22,2)3/h6,8-11,13-15,18,22,24,27H,7,12,16-17,19-20H2,1-5H3,(H,36,43)(H,37,42)(H,38,40)/b15-9+/t22-,24+,27-,35+/m1/s1. The molecule has 2 aliphatic carbocycles. The van der Waals surface area contributed by atoms with E-state index in [4.69, 9.17) is 4.42 Å². The number of nitrogens with one attached hydrogen (secondary N) is 3. The average molecular weight is 631 g/mol.